The first-order valence-corrected chi connectivity index (χ1v) is 2.93. The van der Waals surface area contributed by atoms with Gasteiger partial charge < -0.3 is 5.73 Å². The van der Waals surface area contributed by atoms with E-state index in [9.17, 15) is 10.1 Å². The van der Waals surface area contributed by atoms with Crippen LogP contribution in [0.25, 0.3) is 0 Å². The number of nitro benzene ring substituents is 1. The maximum Gasteiger partial charge on any atom is 0.292 e. The van der Waals surface area contributed by atoms with Crippen LogP contribution in [0.1, 0.15) is 0 Å². The molecule has 1 rings (SSSR count). The monoisotopic (exact) mass is 167 g/mol. The van der Waals surface area contributed by atoms with Gasteiger partial charge in [-0.3, -0.25) is 10.1 Å². The number of nitrogens with one attached hydrogen (secondary N) is 1. The summed E-state index contributed by atoms with van der Waals surface area (Å²) in [6.45, 7) is 0. The van der Waals surface area contributed by atoms with Gasteiger partial charge in [-0.15, -0.1) is 0 Å². The molecule has 0 saturated carbocycles. The lowest BCUT2D eigenvalue weighted by molar-refractivity contribution is -0.383. The van der Waals surface area contributed by atoms with E-state index in [4.69, 9.17) is 16.5 Å². The minimum absolute atomic E-state index is 0.0394. The molecule has 1 aromatic rings. The molecule has 6 heteroatoms. The zero-order valence-electron chi connectivity index (χ0n) is 6.10. The van der Waals surface area contributed by atoms with Crippen LogP contribution in [-0.4, -0.2) is 4.92 Å². The highest BCUT2D eigenvalue weighted by molar-refractivity contribution is 5.57. The van der Waals surface area contributed by atoms with Gasteiger partial charge in [-0.2, -0.15) is 0 Å². The normalized spacial score (nSPS) is 7.83. The third-order valence-corrected chi connectivity index (χ3v) is 1.13. The van der Waals surface area contributed by atoms with Crippen molar-refractivity contribution in [3.8, 4) is 0 Å². The van der Waals surface area contributed by atoms with Crippen LogP contribution in [0.5, 0.6) is 0 Å². The molecule has 0 amide bonds. The second kappa shape index (κ2) is 4.62. The van der Waals surface area contributed by atoms with Gasteiger partial charge in [0, 0.05) is 6.07 Å². The van der Waals surface area contributed by atoms with Gasteiger partial charge in [0.05, 0.1) is 10.3 Å². The van der Waals surface area contributed by atoms with Crippen molar-refractivity contribution in [2.24, 2.45) is 0 Å². The number of diazo groups is 1. The number of nitrogens with two attached hydrogens (primary N) is 1. The van der Waals surface area contributed by atoms with Crippen molar-refractivity contribution >= 4 is 11.4 Å². The van der Waals surface area contributed by atoms with E-state index in [1.807, 2.05) is 0 Å². The third-order valence-electron chi connectivity index (χ3n) is 1.13. The Morgan fingerprint density at radius 3 is 2.25 bits per heavy atom. The molecule has 0 atom stereocenters. The zero-order chi connectivity index (χ0) is 9.56. The highest BCUT2D eigenvalue weighted by Crippen LogP contribution is 2.18. The number of nitrogen functional groups attached to an aromatic ring is 1. The zero-order valence-corrected chi connectivity index (χ0v) is 6.10. The van der Waals surface area contributed by atoms with Crippen molar-refractivity contribution in [3.63, 3.8) is 0 Å². The number of nitro groups is 1. The fourth-order valence-electron chi connectivity index (χ4n) is 0.654. The molecule has 0 aromatic heterocycles. The summed E-state index contributed by atoms with van der Waals surface area (Å²) >= 11 is 0. The Morgan fingerprint density at radius 1 is 1.42 bits per heavy atom. The van der Waals surface area contributed by atoms with Gasteiger partial charge in [-0.05, 0) is 6.07 Å². The van der Waals surface area contributed by atoms with Crippen LogP contribution in [0, 0.1) is 15.5 Å². The van der Waals surface area contributed by atoms with E-state index >= 15 is 0 Å². The average Bonchev–Trinajstić information content (AvgIpc) is 2.08. The molecule has 0 radical (unpaired) electrons. The van der Waals surface area contributed by atoms with Gasteiger partial charge in [0.2, 0.25) is 5.39 Å². The predicted octanol–water partition coefficient (Wildman–Crippen LogP) is -0.544. The Morgan fingerprint density at radius 2 is 1.92 bits per heavy atom. The van der Waals surface area contributed by atoms with E-state index in [1.165, 1.54) is 12.1 Å². The summed E-state index contributed by atoms with van der Waals surface area (Å²) in [5.74, 6) is 0. The van der Waals surface area contributed by atoms with Crippen LogP contribution in [0.2, 0.25) is 0 Å². The van der Waals surface area contributed by atoms with Gasteiger partial charge in [0.1, 0.15) is 5.69 Å². The topological polar surface area (TPSA) is 117 Å². The van der Waals surface area contributed by atoms with E-state index < -0.39 is 4.92 Å². The Balaban J connectivity index is 0.000000561. The average molecular weight is 167 g/mol. The number of hydrogen-bond acceptors (Lipinski definition) is 4. The van der Waals surface area contributed by atoms with Gasteiger partial charge in [-0.25, -0.2) is 0 Å². The minimum Gasteiger partial charge on any atom is -0.393 e. The van der Waals surface area contributed by atoms with E-state index in [-0.39, 0.29) is 11.4 Å². The predicted molar refractivity (Wildman–Crippen MR) is 40.2 cm³/mol. The van der Waals surface area contributed by atoms with E-state index in [2.05, 4.69) is 0 Å². The molecule has 6 nitrogen and oxygen atoms in total. The fourth-order valence-corrected chi connectivity index (χ4v) is 0.654. The molecule has 0 fully saturated rings. The number of nitrogens with zero attached hydrogens (tertiary/aromatic N) is 2. The molecule has 12 heavy (non-hydrogen) atoms. The van der Waals surface area contributed by atoms with Gasteiger partial charge >= 0.3 is 0 Å². The van der Waals surface area contributed by atoms with Crippen molar-refractivity contribution in [2.75, 3.05) is 5.73 Å². The highest BCUT2D eigenvalue weighted by atomic mass is 16.6. The quantitative estimate of drug-likeness (QED) is 0.252. The largest absolute Gasteiger partial charge is 0.393 e. The standard InChI is InChI=1S/C6H6N2O2.N2/c7-5-3-1-2-4-6(5)8(9)10;1-2/h1-4H,7H2;/p+1. The Labute approximate surface area is 68.2 Å². The van der Waals surface area contributed by atoms with E-state index in [1.54, 1.807) is 12.1 Å². The van der Waals surface area contributed by atoms with Crippen molar-refractivity contribution in [2.45, 2.75) is 0 Å². The second-order valence-corrected chi connectivity index (χ2v) is 1.82. The Bertz CT molecular complexity index is 297. The number of hydrogen-bond donors (Lipinski definition) is 2. The molecular weight excluding hydrogens is 160 g/mol. The smallest absolute Gasteiger partial charge is 0.292 e. The van der Waals surface area contributed by atoms with Crippen molar-refractivity contribution in [1.82, 2.24) is 0 Å². The second-order valence-electron chi connectivity index (χ2n) is 1.82. The molecule has 1 aromatic carbocycles. The lowest BCUT2D eigenvalue weighted by Gasteiger charge is -1.92. The molecule has 0 saturated heterocycles. The molecule has 0 heterocycles. The molecule has 0 bridgehead atoms. The molecule has 3 N–H and O–H groups in total. The van der Waals surface area contributed by atoms with Crippen LogP contribution < -0.4 is 11.1 Å². The third kappa shape index (κ3) is 2.22. The maximum atomic E-state index is 10.1. The van der Waals surface area contributed by atoms with Crippen LogP contribution >= 0.6 is 0 Å². The van der Waals surface area contributed by atoms with Crippen LogP contribution in [0.4, 0.5) is 11.4 Å². The first-order valence-electron chi connectivity index (χ1n) is 2.93. The van der Waals surface area contributed by atoms with Gasteiger partial charge in [-0.1, -0.05) is 12.1 Å². The van der Waals surface area contributed by atoms with Crippen molar-refractivity contribution < 1.29 is 10.3 Å². The summed E-state index contributed by atoms with van der Waals surface area (Å²) in [5, 5.41) is 21.1. The van der Waals surface area contributed by atoms with Crippen molar-refractivity contribution in [3.05, 3.63) is 34.4 Å². The molecule has 0 aliphatic carbocycles. The summed E-state index contributed by atoms with van der Waals surface area (Å²) in [6.07, 6.45) is 0. The summed E-state index contributed by atoms with van der Waals surface area (Å²) in [6, 6.07) is 6.10. The van der Waals surface area contributed by atoms with Gasteiger partial charge in [0.25, 0.3) is 5.69 Å². The van der Waals surface area contributed by atoms with Crippen LogP contribution in [-0.2, 0) is 0 Å². The van der Waals surface area contributed by atoms with E-state index in [0.717, 1.165) is 0 Å². The maximum absolute atomic E-state index is 10.1. The van der Waals surface area contributed by atoms with Crippen molar-refractivity contribution in [1.29, 1.82) is 5.39 Å². The van der Waals surface area contributed by atoms with Crippen LogP contribution in [0.3, 0.4) is 0 Å². The van der Waals surface area contributed by atoms with Gasteiger partial charge in [0.15, 0.2) is 0 Å². The number of rotatable bonds is 1. The molecule has 0 spiro atoms. The lowest BCUT2D eigenvalue weighted by atomic mass is 10.3. The Hall–Kier alpha value is -2.16. The summed E-state index contributed by atoms with van der Waals surface area (Å²) in [4.78, 5) is 9.64. The number of benzene rings is 1. The first-order chi connectivity index (χ1) is 5.72. The Kier molecular flexibility index (Phi) is 3.79. The number of para-hydroxylation sites is 2. The molecule has 0 unspecified atom stereocenters. The highest BCUT2D eigenvalue weighted by Gasteiger charge is 2.07. The summed E-state index contributed by atoms with van der Waals surface area (Å²) in [7, 11) is 0. The fraction of sp³-hybridized carbons (Fsp3) is 0. The molecule has 0 aliphatic heterocycles. The summed E-state index contributed by atoms with van der Waals surface area (Å²) < 4.78 is 0. The number of anilines is 1. The first kappa shape index (κ1) is 9.84. The summed E-state index contributed by atoms with van der Waals surface area (Å²) in [5.41, 5.74) is 5.44. The van der Waals surface area contributed by atoms with E-state index in [0.29, 0.717) is 0 Å². The minimum atomic E-state index is -0.505. The molecular formula is C6H7N4O2+. The molecule has 62 valence electrons. The van der Waals surface area contributed by atoms with Crippen LogP contribution in [0.15, 0.2) is 24.3 Å². The lowest BCUT2D eigenvalue weighted by Crippen LogP contribution is -2.11. The molecule has 0 aliphatic rings. The SMILES string of the molecule is N#[NH+].Nc1ccccc1[N+](=O)[O-].